The van der Waals surface area contributed by atoms with Crippen molar-refractivity contribution in [2.24, 2.45) is 0 Å². The Hall–Kier alpha value is -3.15. The van der Waals surface area contributed by atoms with Crippen LogP contribution in [0.3, 0.4) is 0 Å². The molecular weight excluding hydrogens is 311 g/mol. The van der Waals surface area contributed by atoms with Crippen LogP contribution in [0.1, 0.15) is 11.1 Å². The summed E-state index contributed by atoms with van der Waals surface area (Å²) in [4.78, 5) is 23.2. The Morgan fingerprint density at radius 2 is 1.71 bits per heavy atom. The number of carbonyl (C=O) groups excluding carboxylic acids is 2. The van der Waals surface area contributed by atoms with Crippen LogP contribution in [0.4, 0.5) is 4.39 Å². The number of amides is 2. The van der Waals surface area contributed by atoms with Gasteiger partial charge in [-0.3, -0.25) is 20.4 Å². The first-order chi connectivity index (χ1) is 11.5. The highest BCUT2D eigenvalue weighted by Gasteiger charge is 2.03. The van der Waals surface area contributed by atoms with Crippen LogP contribution in [-0.2, 0) is 9.59 Å². The van der Waals surface area contributed by atoms with Gasteiger partial charge in [-0.25, -0.2) is 4.39 Å². The quantitative estimate of drug-likeness (QED) is 0.654. The Bertz CT molecular complexity index is 725. The molecule has 2 amide bonds. The number of hydrogen-bond acceptors (Lipinski definition) is 3. The van der Waals surface area contributed by atoms with Gasteiger partial charge in [0.05, 0.1) is 0 Å². The van der Waals surface area contributed by atoms with Crippen LogP contribution in [0.5, 0.6) is 5.75 Å². The summed E-state index contributed by atoms with van der Waals surface area (Å²) in [5.41, 5.74) is 6.22. The molecule has 0 saturated carbocycles. The first kappa shape index (κ1) is 17.2. The van der Waals surface area contributed by atoms with Gasteiger partial charge in [0.2, 0.25) is 0 Å². The zero-order chi connectivity index (χ0) is 17.4. The Kier molecular flexibility index (Phi) is 6.08. The van der Waals surface area contributed by atoms with Gasteiger partial charge in [0.1, 0.15) is 11.6 Å². The van der Waals surface area contributed by atoms with Crippen molar-refractivity contribution >= 4 is 17.9 Å². The van der Waals surface area contributed by atoms with Gasteiger partial charge in [0, 0.05) is 6.08 Å². The second-order valence-corrected chi connectivity index (χ2v) is 5.02. The number of halogens is 1. The highest BCUT2D eigenvalue weighted by molar-refractivity contribution is 5.93. The van der Waals surface area contributed by atoms with Crippen molar-refractivity contribution in [1.82, 2.24) is 10.9 Å². The van der Waals surface area contributed by atoms with Crippen LogP contribution in [0.2, 0.25) is 0 Å². The molecule has 2 aromatic rings. The number of benzene rings is 2. The van der Waals surface area contributed by atoms with E-state index < -0.39 is 11.8 Å². The van der Waals surface area contributed by atoms with Gasteiger partial charge in [-0.15, -0.1) is 0 Å². The smallest absolute Gasteiger partial charge is 0.276 e. The molecule has 6 heteroatoms. The maximum atomic E-state index is 12.7. The molecule has 124 valence electrons. The number of carbonyl (C=O) groups is 2. The standard InChI is InChI=1S/C18H17FN2O3/c1-13-2-9-16(10-3-13)24-12-18(23)21-20-17(22)11-6-14-4-7-15(19)8-5-14/h2-11H,12H2,1H3,(H,20,22)(H,21,23). The van der Waals surface area contributed by atoms with Crippen molar-refractivity contribution in [3.05, 3.63) is 71.6 Å². The Labute approximate surface area is 139 Å². The van der Waals surface area contributed by atoms with Gasteiger partial charge in [-0.1, -0.05) is 29.8 Å². The van der Waals surface area contributed by atoms with E-state index in [0.717, 1.165) is 5.56 Å². The topological polar surface area (TPSA) is 67.4 Å². The molecular formula is C18H17FN2O3. The van der Waals surface area contributed by atoms with E-state index in [1.165, 1.54) is 36.4 Å². The number of hydrogen-bond donors (Lipinski definition) is 2. The lowest BCUT2D eigenvalue weighted by Crippen LogP contribution is -2.43. The predicted octanol–water partition coefficient (Wildman–Crippen LogP) is 2.37. The number of rotatable bonds is 5. The molecule has 2 rings (SSSR count). The summed E-state index contributed by atoms with van der Waals surface area (Å²) < 4.78 is 18.0. The van der Waals surface area contributed by atoms with Crippen LogP contribution < -0.4 is 15.6 Å². The molecule has 0 aliphatic rings. The van der Waals surface area contributed by atoms with Crippen LogP contribution in [0, 0.1) is 12.7 Å². The van der Waals surface area contributed by atoms with E-state index in [1.54, 1.807) is 12.1 Å². The first-order valence-electron chi connectivity index (χ1n) is 7.25. The normalized spacial score (nSPS) is 10.4. The summed E-state index contributed by atoms with van der Waals surface area (Å²) in [6, 6.07) is 12.9. The third kappa shape index (κ3) is 5.92. The highest BCUT2D eigenvalue weighted by atomic mass is 19.1. The van der Waals surface area contributed by atoms with Crippen LogP contribution in [0.15, 0.2) is 54.6 Å². The molecule has 0 aliphatic heterocycles. The van der Waals surface area contributed by atoms with Crippen LogP contribution in [0.25, 0.3) is 6.08 Å². The summed E-state index contributed by atoms with van der Waals surface area (Å²) in [5.74, 6) is -0.780. The van der Waals surface area contributed by atoms with E-state index in [9.17, 15) is 14.0 Å². The van der Waals surface area contributed by atoms with Gasteiger partial charge < -0.3 is 4.74 Å². The van der Waals surface area contributed by atoms with Crippen LogP contribution in [-0.4, -0.2) is 18.4 Å². The third-order valence-corrected chi connectivity index (χ3v) is 3.01. The van der Waals surface area contributed by atoms with E-state index >= 15 is 0 Å². The fourth-order valence-electron chi connectivity index (χ4n) is 1.74. The lowest BCUT2D eigenvalue weighted by atomic mass is 10.2. The highest BCUT2D eigenvalue weighted by Crippen LogP contribution is 2.10. The molecule has 0 radical (unpaired) electrons. The zero-order valence-corrected chi connectivity index (χ0v) is 13.1. The molecule has 0 bridgehead atoms. The fraction of sp³-hybridized carbons (Fsp3) is 0.111. The van der Waals surface area contributed by atoms with Crippen molar-refractivity contribution in [2.75, 3.05) is 6.61 Å². The van der Waals surface area contributed by atoms with E-state index in [2.05, 4.69) is 10.9 Å². The third-order valence-electron chi connectivity index (χ3n) is 3.01. The second-order valence-electron chi connectivity index (χ2n) is 5.02. The summed E-state index contributed by atoms with van der Waals surface area (Å²) >= 11 is 0. The van der Waals surface area contributed by atoms with E-state index in [1.807, 2.05) is 19.1 Å². The number of ether oxygens (including phenoxy) is 1. The zero-order valence-electron chi connectivity index (χ0n) is 13.1. The van der Waals surface area contributed by atoms with Crippen molar-refractivity contribution in [1.29, 1.82) is 0 Å². The van der Waals surface area contributed by atoms with Crippen molar-refractivity contribution < 1.29 is 18.7 Å². The molecule has 0 fully saturated rings. The molecule has 0 heterocycles. The van der Waals surface area contributed by atoms with Crippen molar-refractivity contribution in [2.45, 2.75) is 6.92 Å². The summed E-state index contributed by atoms with van der Waals surface area (Å²) in [5, 5.41) is 0. The van der Waals surface area contributed by atoms with Gasteiger partial charge in [-0.2, -0.15) is 0 Å². The molecule has 2 N–H and O–H groups in total. The van der Waals surface area contributed by atoms with Crippen molar-refractivity contribution in [3.63, 3.8) is 0 Å². The van der Waals surface area contributed by atoms with Gasteiger partial charge in [0.25, 0.3) is 11.8 Å². The van der Waals surface area contributed by atoms with Gasteiger partial charge in [0.15, 0.2) is 6.61 Å². The molecule has 0 aliphatic carbocycles. The molecule has 0 saturated heterocycles. The minimum atomic E-state index is -0.511. The molecule has 5 nitrogen and oxygen atoms in total. The molecule has 0 spiro atoms. The monoisotopic (exact) mass is 328 g/mol. The largest absolute Gasteiger partial charge is 0.484 e. The van der Waals surface area contributed by atoms with Crippen LogP contribution >= 0.6 is 0 Å². The predicted molar refractivity (Wildman–Crippen MR) is 88.4 cm³/mol. The number of aryl methyl sites for hydroxylation is 1. The molecule has 0 unspecified atom stereocenters. The Morgan fingerprint density at radius 3 is 2.38 bits per heavy atom. The minimum absolute atomic E-state index is 0.217. The average Bonchev–Trinajstić information content (AvgIpc) is 2.59. The molecule has 0 atom stereocenters. The van der Waals surface area contributed by atoms with E-state index in [0.29, 0.717) is 11.3 Å². The van der Waals surface area contributed by atoms with Gasteiger partial charge >= 0.3 is 0 Å². The molecule has 2 aromatic carbocycles. The summed E-state index contributed by atoms with van der Waals surface area (Å²) in [6.07, 6.45) is 2.73. The minimum Gasteiger partial charge on any atom is -0.484 e. The first-order valence-corrected chi connectivity index (χ1v) is 7.25. The van der Waals surface area contributed by atoms with Gasteiger partial charge in [-0.05, 0) is 42.8 Å². The summed E-state index contributed by atoms with van der Waals surface area (Å²) in [6.45, 7) is 1.73. The maximum Gasteiger partial charge on any atom is 0.276 e. The van der Waals surface area contributed by atoms with Crippen molar-refractivity contribution in [3.8, 4) is 5.75 Å². The SMILES string of the molecule is Cc1ccc(OCC(=O)NNC(=O)C=Cc2ccc(F)cc2)cc1. The lowest BCUT2D eigenvalue weighted by molar-refractivity contribution is -0.128. The number of nitrogens with one attached hydrogen (secondary N) is 2. The lowest BCUT2D eigenvalue weighted by Gasteiger charge is -2.07. The Morgan fingerprint density at radius 1 is 1.04 bits per heavy atom. The van der Waals surface area contributed by atoms with E-state index in [-0.39, 0.29) is 12.4 Å². The maximum absolute atomic E-state index is 12.7. The average molecular weight is 328 g/mol. The van der Waals surface area contributed by atoms with E-state index in [4.69, 9.17) is 4.74 Å². The number of hydrazine groups is 1. The molecule has 24 heavy (non-hydrogen) atoms. The Balaban J connectivity index is 1.71. The molecule has 0 aromatic heterocycles. The fourth-order valence-corrected chi connectivity index (χ4v) is 1.74. The summed E-state index contributed by atoms with van der Waals surface area (Å²) in [7, 11) is 0. The second kappa shape index (κ2) is 8.47.